The third-order valence-electron chi connectivity index (χ3n) is 3.47. The summed E-state index contributed by atoms with van der Waals surface area (Å²) in [5.74, 6) is 0.0904. The molecule has 3 atom stereocenters. The van der Waals surface area contributed by atoms with E-state index >= 15 is 0 Å². The Morgan fingerprint density at radius 2 is 2.24 bits per heavy atom. The Balaban J connectivity index is 1.92. The fraction of sp³-hybridized carbons (Fsp3) is 1.00. The average molecular weight is 263 g/mol. The van der Waals surface area contributed by atoms with Crippen molar-refractivity contribution >= 4 is 9.84 Å². The number of ether oxygens (including phenoxy) is 2. The zero-order valence-corrected chi connectivity index (χ0v) is 11.0. The number of sulfone groups is 1. The van der Waals surface area contributed by atoms with Crippen molar-refractivity contribution in [3.63, 3.8) is 0 Å². The number of nitrogens with two attached hydrogens (primary N) is 1. The lowest BCUT2D eigenvalue weighted by Crippen LogP contribution is -2.35. The molecule has 2 fully saturated rings. The first kappa shape index (κ1) is 13.3. The Bertz CT molecular complexity index is 370. The van der Waals surface area contributed by atoms with E-state index in [2.05, 4.69) is 0 Å². The van der Waals surface area contributed by atoms with Crippen LogP contribution in [0.2, 0.25) is 0 Å². The van der Waals surface area contributed by atoms with Gasteiger partial charge in [-0.1, -0.05) is 0 Å². The monoisotopic (exact) mass is 263 g/mol. The van der Waals surface area contributed by atoms with Crippen LogP contribution in [0.25, 0.3) is 0 Å². The normalized spacial score (nSPS) is 41.5. The van der Waals surface area contributed by atoms with Gasteiger partial charge < -0.3 is 15.2 Å². The van der Waals surface area contributed by atoms with Crippen LogP contribution in [0, 0.1) is 5.92 Å². The summed E-state index contributed by atoms with van der Waals surface area (Å²) in [6.45, 7) is 2.83. The van der Waals surface area contributed by atoms with Crippen molar-refractivity contribution in [1.29, 1.82) is 0 Å². The molecule has 2 heterocycles. The van der Waals surface area contributed by atoms with Crippen LogP contribution in [0.5, 0.6) is 0 Å². The summed E-state index contributed by atoms with van der Waals surface area (Å²) in [6.07, 6.45) is 2.28. The summed E-state index contributed by atoms with van der Waals surface area (Å²) in [7, 11) is -2.86. The van der Waals surface area contributed by atoms with Crippen LogP contribution in [0.4, 0.5) is 0 Å². The Hall–Kier alpha value is -0.170. The second-order valence-corrected chi connectivity index (χ2v) is 7.48. The summed E-state index contributed by atoms with van der Waals surface area (Å²) in [5.41, 5.74) is 5.53. The highest BCUT2D eigenvalue weighted by molar-refractivity contribution is 7.91. The molecule has 0 spiro atoms. The van der Waals surface area contributed by atoms with Crippen molar-refractivity contribution in [3.8, 4) is 0 Å². The van der Waals surface area contributed by atoms with Gasteiger partial charge in [0.05, 0.1) is 24.2 Å². The van der Waals surface area contributed by atoms with Crippen molar-refractivity contribution in [1.82, 2.24) is 0 Å². The zero-order valence-electron chi connectivity index (χ0n) is 10.2. The SMILES string of the molecule is CC1(CC2CCCS(=O)(=O)C2)OCC(CN)O1. The topological polar surface area (TPSA) is 78.6 Å². The first-order valence-corrected chi connectivity index (χ1v) is 7.97. The molecule has 2 rings (SSSR count). The third-order valence-corrected chi connectivity index (χ3v) is 5.36. The maximum absolute atomic E-state index is 11.6. The van der Waals surface area contributed by atoms with E-state index in [9.17, 15) is 8.42 Å². The van der Waals surface area contributed by atoms with Gasteiger partial charge in [0.15, 0.2) is 15.6 Å². The standard InChI is InChI=1S/C11H21NO4S/c1-11(15-7-10(6-12)16-11)5-9-3-2-4-17(13,14)8-9/h9-10H,2-8,12H2,1H3. The van der Waals surface area contributed by atoms with Crippen molar-refractivity contribution < 1.29 is 17.9 Å². The van der Waals surface area contributed by atoms with Crippen molar-refractivity contribution in [2.24, 2.45) is 11.7 Å². The van der Waals surface area contributed by atoms with Crippen LogP contribution < -0.4 is 5.73 Å². The first-order valence-electron chi connectivity index (χ1n) is 6.15. The van der Waals surface area contributed by atoms with Gasteiger partial charge in [0, 0.05) is 13.0 Å². The lowest BCUT2D eigenvalue weighted by atomic mass is 9.97. The first-order chi connectivity index (χ1) is 7.92. The quantitative estimate of drug-likeness (QED) is 0.792. The molecule has 0 saturated carbocycles. The van der Waals surface area contributed by atoms with E-state index in [1.807, 2.05) is 6.92 Å². The number of hydrogen-bond acceptors (Lipinski definition) is 5. The minimum absolute atomic E-state index is 0.0554. The molecule has 5 nitrogen and oxygen atoms in total. The van der Waals surface area contributed by atoms with E-state index < -0.39 is 15.6 Å². The van der Waals surface area contributed by atoms with Gasteiger partial charge in [0.1, 0.15) is 0 Å². The van der Waals surface area contributed by atoms with Crippen LogP contribution in [0.3, 0.4) is 0 Å². The lowest BCUT2D eigenvalue weighted by molar-refractivity contribution is -0.164. The molecule has 100 valence electrons. The van der Waals surface area contributed by atoms with Crippen LogP contribution in [-0.2, 0) is 19.3 Å². The van der Waals surface area contributed by atoms with Crippen molar-refractivity contribution in [3.05, 3.63) is 0 Å². The van der Waals surface area contributed by atoms with E-state index in [1.165, 1.54) is 0 Å². The largest absolute Gasteiger partial charge is 0.347 e. The molecular formula is C11H21NO4S. The fourth-order valence-electron chi connectivity index (χ4n) is 2.72. The van der Waals surface area contributed by atoms with Gasteiger partial charge in [0.2, 0.25) is 0 Å². The van der Waals surface area contributed by atoms with Crippen LogP contribution >= 0.6 is 0 Å². The second-order valence-electron chi connectivity index (χ2n) is 5.25. The summed E-state index contributed by atoms with van der Waals surface area (Å²) in [5, 5.41) is 0. The van der Waals surface area contributed by atoms with Gasteiger partial charge in [0.25, 0.3) is 0 Å². The Morgan fingerprint density at radius 1 is 1.47 bits per heavy atom. The highest BCUT2D eigenvalue weighted by Crippen LogP contribution is 2.33. The van der Waals surface area contributed by atoms with Crippen LogP contribution in [0.15, 0.2) is 0 Å². The van der Waals surface area contributed by atoms with Crippen molar-refractivity contribution in [2.45, 2.75) is 38.1 Å². The van der Waals surface area contributed by atoms with Crippen LogP contribution in [0.1, 0.15) is 26.2 Å². The minimum Gasteiger partial charge on any atom is -0.347 e. The third kappa shape index (κ3) is 3.40. The Morgan fingerprint density at radius 3 is 2.82 bits per heavy atom. The molecule has 2 N–H and O–H groups in total. The highest BCUT2D eigenvalue weighted by Gasteiger charge is 2.40. The van der Waals surface area contributed by atoms with Gasteiger partial charge in [-0.05, 0) is 25.7 Å². The van der Waals surface area contributed by atoms with Gasteiger partial charge in [-0.2, -0.15) is 0 Å². The van der Waals surface area contributed by atoms with Crippen molar-refractivity contribution in [2.75, 3.05) is 24.7 Å². The minimum atomic E-state index is -2.86. The lowest BCUT2D eigenvalue weighted by Gasteiger charge is -2.30. The van der Waals surface area contributed by atoms with Gasteiger partial charge in [-0.25, -0.2) is 8.42 Å². The summed E-state index contributed by atoms with van der Waals surface area (Å²) < 4.78 is 34.5. The predicted octanol–water partition coefficient (Wildman–Crippen LogP) is 0.292. The van der Waals surface area contributed by atoms with E-state index in [4.69, 9.17) is 15.2 Å². The predicted molar refractivity (Wildman–Crippen MR) is 64.3 cm³/mol. The van der Waals surface area contributed by atoms with E-state index in [-0.39, 0.29) is 17.8 Å². The Kier molecular flexibility index (Phi) is 3.77. The molecule has 0 bridgehead atoms. The maximum Gasteiger partial charge on any atom is 0.166 e. The molecule has 2 saturated heterocycles. The molecule has 3 unspecified atom stereocenters. The molecule has 0 aromatic heterocycles. The molecule has 2 aliphatic heterocycles. The molecule has 0 aromatic rings. The molecule has 0 aliphatic carbocycles. The second kappa shape index (κ2) is 4.84. The summed E-state index contributed by atoms with van der Waals surface area (Å²) in [6, 6.07) is 0. The Labute approximate surface area is 103 Å². The molecule has 17 heavy (non-hydrogen) atoms. The summed E-state index contributed by atoms with van der Waals surface area (Å²) in [4.78, 5) is 0. The highest BCUT2D eigenvalue weighted by atomic mass is 32.2. The van der Waals surface area contributed by atoms with E-state index in [0.717, 1.165) is 12.8 Å². The van der Waals surface area contributed by atoms with Gasteiger partial charge in [-0.15, -0.1) is 0 Å². The fourth-order valence-corrected chi connectivity index (χ4v) is 4.49. The van der Waals surface area contributed by atoms with E-state index in [1.54, 1.807) is 0 Å². The molecular weight excluding hydrogens is 242 g/mol. The molecule has 2 aliphatic rings. The van der Waals surface area contributed by atoms with Crippen LogP contribution in [-0.4, -0.2) is 45.0 Å². The van der Waals surface area contributed by atoms with E-state index in [0.29, 0.717) is 25.3 Å². The van der Waals surface area contributed by atoms with Gasteiger partial charge in [-0.3, -0.25) is 0 Å². The molecule has 0 aromatic carbocycles. The summed E-state index contributed by atoms with van der Waals surface area (Å²) >= 11 is 0. The number of rotatable bonds is 3. The smallest absolute Gasteiger partial charge is 0.166 e. The molecule has 0 amide bonds. The van der Waals surface area contributed by atoms with Gasteiger partial charge >= 0.3 is 0 Å². The number of hydrogen-bond donors (Lipinski definition) is 1. The average Bonchev–Trinajstić information content (AvgIpc) is 2.58. The maximum atomic E-state index is 11.6. The molecule has 0 radical (unpaired) electrons. The zero-order chi connectivity index (χ0) is 12.5. The molecule has 6 heteroatoms.